The Hall–Kier alpha value is -2.70. The largest absolute Gasteiger partial charge is 0.372 e. The van der Waals surface area contributed by atoms with Crippen molar-refractivity contribution in [1.82, 2.24) is 16.3 Å². The molecule has 1 heterocycles. The molecule has 0 spiro atoms. The molecule has 1 aliphatic rings. The van der Waals surface area contributed by atoms with Crippen molar-refractivity contribution < 1.29 is 4.79 Å². The molecule has 1 aliphatic heterocycles. The zero-order valence-electron chi connectivity index (χ0n) is 15.9. The minimum atomic E-state index is -0.308. The highest BCUT2D eigenvalue weighted by Gasteiger charge is 2.29. The number of hydrazone groups is 1. The minimum absolute atomic E-state index is 0.124. The van der Waals surface area contributed by atoms with Gasteiger partial charge in [-0.05, 0) is 43.5 Å². The first-order valence-corrected chi connectivity index (χ1v) is 9.45. The van der Waals surface area contributed by atoms with Crippen molar-refractivity contribution in [3.8, 4) is 0 Å². The molecule has 2 unspecified atom stereocenters. The highest BCUT2D eigenvalue weighted by Crippen LogP contribution is 2.21. The maximum Gasteiger partial charge on any atom is 0.258 e. The molecule has 2 aromatic carbocycles. The lowest BCUT2D eigenvalue weighted by Crippen LogP contribution is -2.41. The average Bonchev–Trinajstić information content (AvgIpc) is 3.21. The molecule has 1 amide bonds. The van der Waals surface area contributed by atoms with Crippen LogP contribution in [-0.2, 0) is 4.79 Å². The van der Waals surface area contributed by atoms with Crippen molar-refractivity contribution in [3.05, 3.63) is 65.7 Å². The van der Waals surface area contributed by atoms with E-state index in [0.717, 1.165) is 24.2 Å². The number of rotatable bonds is 7. The highest BCUT2D eigenvalue weighted by atomic mass is 16.2. The molecule has 2 aromatic rings. The van der Waals surface area contributed by atoms with Crippen LogP contribution in [0.5, 0.6) is 0 Å². The van der Waals surface area contributed by atoms with E-state index in [-0.39, 0.29) is 18.0 Å². The van der Waals surface area contributed by atoms with Gasteiger partial charge in [0.1, 0.15) is 6.04 Å². The number of nitrogens with one attached hydrogen (secondary N) is 3. The number of hydrogen-bond donors (Lipinski definition) is 3. The van der Waals surface area contributed by atoms with Crippen molar-refractivity contribution >= 4 is 17.8 Å². The summed E-state index contributed by atoms with van der Waals surface area (Å²) in [5.41, 5.74) is 12.1. The second-order valence-corrected chi connectivity index (χ2v) is 6.54. The van der Waals surface area contributed by atoms with Gasteiger partial charge in [-0.3, -0.25) is 4.79 Å². The molecule has 0 bridgehead atoms. The number of hydrogen-bond acceptors (Lipinski definition) is 5. The van der Waals surface area contributed by atoms with Gasteiger partial charge in [-0.1, -0.05) is 42.5 Å². The van der Waals surface area contributed by atoms with Gasteiger partial charge in [0.25, 0.3) is 5.91 Å². The van der Waals surface area contributed by atoms with E-state index in [0.29, 0.717) is 6.42 Å². The van der Waals surface area contributed by atoms with Gasteiger partial charge in [0.15, 0.2) is 0 Å². The zero-order chi connectivity index (χ0) is 19.1. The van der Waals surface area contributed by atoms with E-state index in [9.17, 15) is 4.79 Å². The summed E-state index contributed by atoms with van der Waals surface area (Å²) < 4.78 is 0. The Morgan fingerprint density at radius 3 is 2.48 bits per heavy atom. The molecule has 0 aromatic heterocycles. The van der Waals surface area contributed by atoms with Gasteiger partial charge < -0.3 is 4.90 Å². The Balaban J connectivity index is 1.50. The summed E-state index contributed by atoms with van der Waals surface area (Å²) >= 11 is 0. The SMILES string of the molecule is CCN(CC)c1ccc(/C=N/NC(=O)C2CC(c3ccccc3)NN2)cc1. The Bertz CT molecular complexity index is 756. The standard InChI is InChI=1S/C21H27N5O/c1-3-26(4-2)18-12-10-16(11-13-18)15-22-25-21(27)20-14-19(23-24-20)17-8-6-5-7-9-17/h5-13,15,19-20,23-24H,3-4,14H2,1-2H3,(H,25,27)/b22-15+. The molecule has 142 valence electrons. The summed E-state index contributed by atoms with van der Waals surface area (Å²) in [6, 6.07) is 18.1. The van der Waals surface area contributed by atoms with Crippen LogP contribution >= 0.6 is 0 Å². The molecule has 3 N–H and O–H groups in total. The van der Waals surface area contributed by atoms with Crippen molar-refractivity contribution in [3.63, 3.8) is 0 Å². The van der Waals surface area contributed by atoms with Crippen LogP contribution in [0.25, 0.3) is 0 Å². The minimum Gasteiger partial charge on any atom is -0.372 e. The van der Waals surface area contributed by atoms with Gasteiger partial charge in [0, 0.05) is 24.8 Å². The van der Waals surface area contributed by atoms with E-state index in [1.807, 2.05) is 30.3 Å². The fraction of sp³-hybridized carbons (Fsp3) is 0.333. The van der Waals surface area contributed by atoms with E-state index < -0.39 is 0 Å². The van der Waals surface area contributed by atoms with Crippen molar-refractivity contribution in [2.45, 2.75) is 32.4 Å². The quantitative estimate of drug-likeness (QED) is 0.521. The topological polar surface area (TPSA) is 68.8 Å². The number of nitrogens with zero attached hydrogens (tertiary/aromatic N) is 2. The van der Waals surface area contributed by atoms with Crippen LogP contribution in [0.4, 0.5) is 5.69 Å². The van der Waals surface area contributed by atoms with Gasteiger partial charge in [-0.25, -0.2) is 16.3 Å². The fourth-order valence-corrected chi connectivity index (χ4v) is 3.24. The smallest absolute Gasteiger partial charge is 0.258 e. The lowest BCUT2D eigenvalue weighted by atomic mass is 10.0. The summed E-state index contributed by atoms with van der Waals surface area (Å²) in [5.74, 6) is -0.142. The average molecular weight is 365 g/mol. The third kappa shape index (κ3) is 4.93. The van der Waals surface area contributed by atoms with Crippen LogP contribution in [-0.4, -0.2) is 31.3 Å². The van der Waals surface area contributed by atoms with E-state index in [2.05, 4.69) is 64.4 Å². The molecule has 6 heteroatoms. The number of amides is 1. The second-order valence-electron chi connectivity index (χ2n) is 6.54. The maximum absolute atomic E-state index is 12.3. The van der Waals surface area contributed by atoms with Crippen LogP contribution in [0.15, 0.2) is 59.7 Å². The van der Waals surface area contributed by atoms with Crippen molar-refractivity contribution in [1.29, 1.82) is 0 Å². The molecule has 27 heavy (non-hydrogen) atoms. The molecule has 0 radical (unpaired) electrons. The first-order chi connectivity index (χ1) is 13.2. The van der Waals surface area contributed by atoms with Crippen LogP contribution in [0, 0.1) is 0 Å². The van der Waals surface area contributed by atoms with Crippen molar-refractivity contribution in [2.75, 3.05) is 18.0 Å². The number of carbonyl (C=O) groups excluding carboxylic acids is 1. The fourth-order valence-electron chi connectivity index (χ4n) is 3.24. The normalized spacial score (nSPS) is 19.3. The van der Waals surface area contributed by atoms with Crippen LogP contribution < -0.4 is 21.2 Å². The Labute approximate surface area is 160 Å². The number of hydrazine groups is 1. The molecule has 1 fully saturated rings. The first-order valence-electron chi connectivity index (χ1n) is 9.45. The maximum atomic E-state index is 12.3. The van der Waals surface area contributed by atoms with Gasteiger partial charge in [0.05, 0.1) is 6.21 Å². The second kappa shape index (κ2) is 9.30. The van der Waals surface area contributed by atoms with E-state index in [4.69, 9.17) is 0 Å². The zero-order valence-corrected chi connectivity index (χ0v) is 15.9. The first kappa shape index (κ1) is 19.1. The van der Waals surface area contributed by atoms with Gasteiger partial charge in [0.2, 0.25) is 0 Å². The third-order valence-electron chi connectivity index (χ3n) is 4.83. The molecule has 2 atom stereocenters. The monoisotopic (exact) mass is 365 g/mol. The van der Waals surface area contributed by atoms with Crippen LogP contribution in [0.3, 0.4) is 0 Å². The number of carbonyl (C=O) groups is 1. The van der Waals surface area contributed by atoms with E-state index >= 15 is 0 Å². The number of anilines is 1. The van der Waals surface area contributed by atoms with Gasteiger partial charge in [-0.15, -0.1) is 0 Å². The van der Waals surface area contributed by atoms with E-state index in [1.54, 1.807) is 6.21 Å². The Morgan fingerprint density at radius 1 is 1.11 bits per heavy atom. The van der Waals surface area contributed by atoms with Crippen LogP contribution in [0.2, 0.25) is 0 Å². The third-order valence-corrected chi connectivity index (χ3v) is 4.83. The molecular formula is C21H27N5O. The summed E-state index contributed by atoms with van der Waals surface area (Å²) in [6.07, 6.45) is 2.35. The van der Waals surface area contributed by atoms with Crippen molar-refractivity contribution in [2.24, 2.45) is 5.10 Å². The predicted octanol–water partition coefficient (Wildman–Crippen LogP) is 2.59. The molecular weight excluding hydrogens is 338 g/mol. The summed E-state index contributed by atoms with van der Waals surface area (Å²) in [4.78, 5) is 14.6. The molecule has 0 saturated carbocycles. The Kier molecular flexibility index (Phi) is 6.57. The molecule has 6 nitrogen and oxygen atoms in total. The number of benzene rings is 2. The summed E-state index contributed by atoms with van der Waals surface area (Å²) in [6.45, 7) is 6.24. The molecule has 3 rings (SSSR count). The van der Waals surface area contributed by atoms with Gasteiger partial charge >= 0.3 is 0 Å². The Morgan fingerprint density at radius 2 is 1.81 bits per heavy atom. The molecule has 1 saturated heterocycles. The van der Waals surface area contributed by atoms with Gasteiger partial charge in [-0.2, -0.15) is 5.10 Å². The van der Waals surface area contributed by atoms with Crippen LogP contribution in [0.1, 0.15) is 37.4 Å². The lowest BCUT2D eigenvalue weighted by Gasteiger charge is -2.20. The summed E-state index contributed by atoms with van der Waals surface area (Å²) in [5, 5.41) is 4.09. The summed E-state index contributed by atoms with van der Waals surface area (Å²) in [7, 11) is 0. The highest BCUT2D eigenvalue weighted by molar-refractivity contribution is 5.85. The molecule has 0 aliphatic carbocycles. The van der Waals surface area contributed by atoms with E-state index in [1.165, 1.54) is 5.69 Å². The predicted molar refractivity (Wildman–Crippen MR) is 110 cm³/mol. The lowest BCUT2D eigenvalue weighted by molar-refractivity contribution is -0.122.